The van der Waals surface area contributed by atoms with Gasteiger partial charge in [0.1, 0.15) is 0 Å². The van der Waals surface area contributed by atoms with Crippen LogP contribution in [0.2, 0.25) is 0 Å². The molecule has 0 heterocycles. The molecule has 4 heteroatoms. The minimum Gasteiger partial charge on any atom is -0.337 e. The summed E-state index contributed by atoms with van der Waals surface area (Å²) in [5, 5.41) is 2.57. The van der Waals surface area contributed by atoms with E-state index in [1.165, 1.54) is 0 Å². The van der Waals surface area contributed by atoms with Gasteiger partial charge in [0.05, 0.1) is 5.66 Å². The standard InChI is InChI=1S/C6H15N3O/c1-3-5(10)9-6(2,8)4-7/h3-4,7-8H2,1-2H3,(H,9,10)/t6-/m1/s1. The second-order valence-corrected chi connectivity index (χ2v) is 2.52. The van der Waals surface area contributed by atoms with Crippen molar-refractivity contribution in [3.8, 4) is 0 Å². The van der Waals surface area contributed by atoms with Gasteiger partial charge in [0.25, 0.3) is 0 Å². The molecule has 60 valence electrons. The fraction of sp³-hybridized carbons (Fsp3) is 0.833. The van der Waals surface area contributed by atoms with E-state index in [1.807, 2.05) is 0 Å². The highest BCUT2D eigenvalue weighted by Gasteiger charge is 2.16. The average Bonchev–Trinajstić information content (AvgIpc) is 1.87. The highest BCUT2D eigenvalue weighted by molar-refractivity contribution is 5.76. The van der Waals surface area contributed by atoms with Gasteiger partial charge in [-0.15, -0.1) is 0 Å². The van der Waals surface area contributed by atoms with Crippen molar-refractivity contribution in [2.24, 2.45) is 11.5 Å². The lowest BCUT2D eigenvalue weighted by Crippen LogP contribution is -2.58. The van der Waals surface area contributed by atoms with E-state index in [2.05, 4.69) is 5.32 Å². The fourth-order valence-corrected chi connectivity index (χ4v) is 0.458. The minimum absolute atomic E-state index is 0.0737. The van der Waals surface area contributed by atoms with Crippen molar-refractivity contribution in [2.45, 2.75) is 25.9 Å². The quantitative estimate of drug-likeness (QED) is 0.452. The molecule has 5 N–H and O–H groups in total. The van der Waals surface area contributed by atoms with Crippen LogP contribution in [0.15, 0.2) is 0 Å². The first kappa shape index (κ1) is 9.39. The maximum Gasteiger partial charge on any atom is 0.221 e. The molecule has 0 fully saturated rings. The van der Waals surface area contributed by atoms with Gasteiger partial charge in [-0.1, -0.05) is 6.92 Å². The highest BCUT2D eigenvalue weighted by atomic mass is 16.1. The Morgan fingerprint density at radius 3 is 2.50 bits per heavy atom. The molecule has 4 nitrogen and oxygen atoms in total. The molecule has 0 bridgehead atoms. The van der Waals surface area contributed by atoms with Gasteiger partial charge in [-0.2, -0.15) is 0 Å². The largest absolute Gasteiger partial charge is 0.337 e. The van der Waals surface area contributed by atoms with E-state index in [1.54, 1.807) is 13.8 Å². The van der Waals surface area contributed by atoms with Gasteiger partial charge in [-0.25, -0.2) is 0 Å². The zero-order chi connectivity index (χ0) is 8.20. The Balaban J connectivity index is 3.76. The van der Waals surface area contributed by atoms with Crippen molar-refractivity contribution in [1.29, 1.82) is 0 Å². The number of rotatable bonds is 3. The van der Waals surface area contributed by atoms with Gasteiger partial charge < -0.3 is 16.8 Å². The molecule has 0 aliphatic rings. The monoisotopic (exact) mass is 145 g/mol. The van der Waals surface area contributed by atoms with Gasteiger partial charge in [-0.3, -0.25) is 4.79 Å². The second kappa shape index (κ2) is 3.53. The lowest BCUT2D eigenvalue weighted by atomic mass is 10.2. The van der Waals surface area contributed by atoms with Crippen molar-refractivity contribution < 1.29 is 4.79 Å². The zero-order valence-corrected chi connectivity index (χ0v) is 6.48. The van der Waals surface area contributed by atoms with Crippen LogP contribution in [-0.4, -0.2) is 18.1 Å². The number of carbonyl (C=O) groups is 1. The van der Waals surface area contributed by atoms with E-state index >= 15 is 0 Å². The lowest BCUT2D eigenvalue weighted by Gasteiger charge is -2.23. The normalized spacial score (nSPS) is 16.0. The SMILES string of the molecule is CCC(=O)N[C@@](C)(N)CN. The number of nitrogens with two attached hydrogens (primary N) is 2. The molecule has 0 unspecified atom stereocenters. The molecule has 0 aliphatic carbocycles. The van der Waals surface area contributed by atoms with Crippen LogP contribution in [0.5, 0.6) is 0 Å². The molecule has 0 spiro atoms. The molecule has 0 aromatic carbocycles. The van der Waals surface area contributed by atoms with Crippen molar-refractivity contribution in [3.63, 3.8) is 0 Å². The molecule has 10 heavy (non-hydrogen) atoms. The van der Waals surface area contributed by atoms with Gasteiger partial charge in [-0.05, 0) is 6.92 Å². The summed E-state index contributed by atoms with van der Waals surface area (Å²) < 4.78 is 0. The Hall–Kier alpha value is -0.610. The highest BCUT2D eigenvalue weighted by Crippen LogP contribution is 1.89. The van der Waals surface area contributed by atoms with Crippen LogP contribution in [0, 0.1) is 0 Å². The number of hydrogen-bond acceptors (Lipinski definition) is 3. The van der Waals surface area contributed by atoms with Crippen molar-refractivity contribution >= 4 is 5.91 Å². The third-order valence-corrected chi connectivity index (χ3v) is 1.17. The van der Waals surface area contributed by atoms with Crippen LogP contribution in [0.25, 0.3) is 0 Å². The molecule has 0 rings (SSSR count). The first-order valence-corrected chi connectivity index (χ1v) is 3.32. The minimum atomic E-state index is -0.757. The Labute approximate surface area is 61.0 Å². The van der Waals surface area contributed by atoms with Crippen molar-refractivity contribution in [1.82, 2.24) is 5.32 Å². The van der Waals surface area contributed by atoms with E-state index in [0.29, 0.717) is 6.42 Å². The predicted octanol–water partition coefficient (Wildman–Crippen LogP) is -0.854. The molecular formula is C6H15N3O. The first-order valence-electron chi connectivity index (χ1n) is 3.32. The topological polar surface area (TPSA) is 81.1 Å². The van der Waals surface area contributed by atoms with E-state index in [-0.39, 0.29) is 12.5 Å². The van der Waals surface area contributed by atoms with Crippen LogP contribution in [0.4, 0.5) is 0 Å². The zero-order valence-electron chi connectivity index (χ0n) is 6.48. The molecular weight excluding hydrogens is 130 g/mol. The van der Waals surface area contributed by atoms with E-state index < -0.39 is 5.66 Å². The van der Waals surface area contributed by atoms with Crippen LogP contribution >= 0.6 is 0 Å². The second-order valence-electron chi connectivity index (χ2n) is 2.52. The summed E-state index contributed by atoms with van der Waals surface area (Å²) >= 11 is 0. The van der Waals surface area contributed by atoms with Gasteiger partial charge >= 0.3 is 0 Å². The summed E-state index contributed by atoms with van der Waals surface area (Å²) in [6.45, 7) is 3.70. The Morgan fingerprint density at radius 1 is 1.70 bits per heavy atom. The number of carbonyl (C=O) groups excluding carboxylic acids is 1. The lowest BCUT2D eigenvalue weighted by molar-refractivity contribution is -0.122. The van der Waals surface area contributed by atoms with Crippen LogP contribution in [0.1, 0.15) is 20.3 Å². The summed E-state index contributed by atoms with van der Waals surface area (Å²) in [5.41, 5.74) is 10.0. The fourth-order valence-electron chi connectivity index (χ4n) is 0.458. The molecule has 1 atom stereocenters. The predicted molar refractivity (Wildman–Crippen MR) is 40.1 cm³/mol. The van der Waals surface area contributed by atoms with Crippen molar-refractivity contribution in [3.05, 3.63) is 0 Å². The molecule has 0 aromatic heterocycles. The molecule has 1 amide bonds. The average molecular weight is 145 g/mol. The maximum absolute atomic E-state index is 10.7. The van der Waals surface area contributed by atoms with Crippen LogP contribution < -0.4 is 16.8 Å². The summed E-state index contributed by atoms with van der Waals surface area (Å²) in [4.78, 5) is 10.7. The van der Waals surface area contributed by atoms with Gasteiger partial charge in [0, 0.05) is 13.0 Å². The number of nitrogens with one attached hydrogen (secondary N) is 1. The van der Waals surface area contributed by atoms with Gasteiger partial charge in [0.15, 0.2) is 0 Å². The molecule has 0 saturated heterocycles. The van der Waals surface area contributed by atoms with E-state index in [0.717, 1.165) is 0 Å². The molecule has 0 saturated carbocycles. The van der Waals surface area contributed by atoms with Crippen LogP contribution in [-0.2, 0) is 4.79 Å². The number of amides is 1. The van der Waals surface area contributed by atoms with Crippen molar-refractivity contribution in [2.75, 3.05) is 6.54 Å². The molecule has 0 aromatic rings. The summed E-state index contributed by atoms with van der Waals surface area (Å²) in [7, 11) is 0. The summed E-state index contributed by atoms with van der Waals surface area (Å²) in [5.74, 6) is -0.0737. The Bertz CT molecular complexity index is 122. The third kappa shape index (κ3) is 3.42. The Kier molecular flexibility index (Phi) is 3.32. The number of hydrogen-bond donors (Lipinski definition) is 3. The molecule has 0 radical (unpaired) electrons. The van der Waals surface area contributed by atoms with E-state index in [9.17, 15) is 4.79 Å². The van der Waals surface area contributed by atoms with E-state index in [4.69, 9.17) is 11.5 Å². The summed E-state index contributed by atoms with van der Waals surface area (Å²) in [6.07, 6.45) is 0.437. The Morgan fingerprint density at radius 2 is 2.20 bits per heavy atom. The maximum atomic E-state index is 10.7. The smallest absolute Gasteiger partial charge is 0.221 e. The summed E-state index contributed by atoms with van der Waals surface area (Å²) in [6, 6.07) is 0. The van der Waals surface area contributed by atoms with Gasteiger partial charge in [0.2, 0.25) is 5.91 Å². The third-order valence-electron chi connectivity index (χ3n) is 1.17. The molecule has 0 aliphatic heterocycles. The first-order chi connectivity index (χ1) is 4.52. The van der Waals surface area contributed by atoms with Crippen LogP contribution in [0.3, 0.4) is 0 Å².